The normalized spacial score (nSPS) is 11.5. The molecule has 4 aromatic rings. The van der Waals surface area contributed by atoms with Crippen LogP contribution in [0.3, 0.4) is 0 Å². The highest BCUT2D eigenvalue weighted by Crippen LogP contribution is 2.35. The second kappa shape index (κ2) is 8.52. The maximum Gasteiger partial charge on any atom is 0.487 e. The number of aromatic nitrogens is 4. The molecule has 1 amide bonds. The number of halogens is 3. The van der Waals surface area contributed by atoms with E-state index in [9.17, 15) is 13.6 Å². The van der Waals surface area contributed by atoms with E-state index in [0.717, 1.165) is 5.52 Å². The lowest BCUT2D eigenvalue weighted by molar-refractivity contribution is -0.0964. The van der Waals surface area contributed by atoms with E-state index in [4.69, 9.17) is 18.2 Å². The Morgan fingerprint density at radius 3 is 2.67 bits per heavy atom. The summed E-state index contributed by atoms with van der Waals surface area (Å²) in [6.07, 6.45) is 3.10. The number of carbonyl (C=O) groups excluding carboxylic acids is 1. The molecule has 0 radical (unpaired) electrons. The summed E-state index contributed by atoms with van der Waals surface area (Å²) in [5.74, 6) is -0.598. The van der Waals surface area contributed by atoms with E-state index in [1.54, 1.807) is 18.5 Å². The third-order valence-electron chi connectivity index (χ3n) is 4.84. The number of hydrogen-bond donors (Lipinski definition) is 2. The zero-order chi connectivity index (χ0) is 23.8. The van der Waals surface area contributed by atoms with Crippen molar-refractivity contribution in [3.05, 3.63) is 65.9 Å². The van der Waals surface area contributed by atoms with Crippen LogP contribution in [0.2, 0.25) is 0 Å². The quantitative estimate of drug-likeness (QED) is 0.268. The molecule has 0 aliphatic carbocycles. The van der Waals surface area contributed by atoms with Gasteiger partial charge in [-0.05, 0) is 50.2 Å². The van der Waals surface area contributed by atoms with E-state index in [1.165, 1.54) is 30.5 Å². The van der Waals surface area contributed by atoms with Crippen LogP contribution in [-0.4, -0.2) is 31.2 Å². The highest BCUT2D eigenvalue weighted by Gasteiger charge is 2.27. The molecule has 2 aromatic heterocycles. The Hall–Kier alpha value is -3.97. The standard InChI is InChI=1S/C22H17ClF2N6O2/c1-12(2)31-11-27-17-9-13(8-16(20(17)31)19-18(26-3)10-28-30-19)21(32)29-14-4-6-15(7-5-14)33-22(23,24)25/h4-12H,1-2H3,(H,28,30)(H,29,32). The minimum Gasteiger partial charge on any atom is -0.420 e. The van der Waals surface area contributed by atoms with E-state index < -0.39 is 11.5 Å². The van der Waals surface area contributed by atoms with Crippen LogP contribution in [0.5, 0.6) is 5.75 Å². The first-order valence-corrected chi connectivity index (χ1v) is 10.1. The Labute approximate surface area is 192 Å². The Bertz CT molecular complexity index is 1370. The molecule has 2 aromatic carbocycles. The summed E-state index contributed by atoms with van der Waals surface area (Å²) in [6.45, 7) is 11.4. The molecular formula is C22H17ClF2N6O2. The van der Waals surface area contributed by atoms with Crippen LogP contribution in [0, 0.1) is 6.57 Å². The second-order valence-corrected chi connectivity index (χ2v) is 7.85. The van der Waals surface area contributed by atoms with Crippen LogP contribution in [0.15, 0.2) is 48.9 Å². The van der Waals surface area contributed by atoms with Crippen LogP contribution in [0.1, 0.15) is 30.2 Å². The number of aromatic amines is 1. The Balaban J connectivity index is 1.71. The minimum atomic E-state index is -3.83. The van der Waals surface area contributed by atoms with E-state index >= 15 is 0 Å². The van der Waals surface area contributed by atoms with Gasteiger partial charge in [0, 0.05) is 34.5 Å². The molecule has 0 saturated carbocycles. The molecule has 2 heterocycles. The molecule has 0 saturated heterocycles. The maximum absolute atomic E-state index is 13.0. The number of amides is 1. The maximum atomic E-state index is 13.0. The third-order valence-corrected chi connectivity index (χ3v) is 4.92. The first-order chi connectivity index (χ1) is 15.7. The van der Waals surface area contributed by atoms with Gasteiger partial charge in [-0.1, -0.05) is 0 Å². The number of benzene rings is 2. The van der Waals surface area contributed by atoms with Crippen molar-refractivity contribution in [2.75, 3.05) is 5.32 Å². The van der Waals surface area contributed by atoms with E-state index in [0.29, 0.717) is 33.7 Å². The fourth-order valence-electron chi connectivity index (χ4n) is 3.39. The Morgan fingerprint density at radius 1 is 1.30 bits per heavy atom. The van der Waals surface area contributed by atoms with Gasteiger partial charge in [0.15, 0.2) is 0 Å². The van der Waals surface area contributed by atoms with Crippen LogP contribution in [0.25, 0.3) is 27.1 Å². The molecular weight excluding hydrogens is 454 g/mol. The lowest BCUT2D eigenvalue weighted by Crippen LogP contribution is -2.16. The zero-order valence-corrected chi connectivity index (χ0v) is 18.2. The molecule has 0 bridgehead atoms. The van der Waals surface area contributed by atoms with Crippen molar-refractivity contribution >= 4 is 39.9 Å². The number of hydrogen-bond acceptors (Lipinski definition) is 4. The van der Waals surface area contributed by atoms with Crippen molar-refractivity contribution < 1.29 is 18.3 Å². The van der Waals surface area contributed by atoms with Crippen molar-refractivity contribution in [2.24, 2.45) is 0 Å². The summed E-state index contributed by atoms with van der Waals surface area (Å²) in [6, 6.07) is 8.74. The van der Waals surface area contributed by atoms with E-state index in [2.05, 4.69) is 30.1 Å². The van der Waals surface area contributed by atoms with Crippen LogP contribution < -0.4 is 10.1 Å². The van der Waals surface area contributed by atoms with E-state index in [-0.39, 0.29) is 11.8 Å². The van der Waals surface area contributed by atoms with Crippen LogP contribution in [0.4, 0.5) is 20.2 Å². The highest BCUT2D eigenvalue weighted by atomic mass is 35.5. The predicted molar refractivity (Wildman–Crippen MR) is 120 cm³/mol. The molecule has 0 aliphatic heterocycles. The SMILES string of the molecule is [C-]#[N+]c1cn[nH]c1-c1cc(C(=O)Nc2ccc(OC(F)(F)Cl)cc2)cc2ncn(C(C)C)c12. The molecule has 33 heavy (non-hydrogen) atoms. The predicted octanol–water partition coefficient (Wildman–Crippen LogP) is 5.98. The fourth-order valence-corrected chi connectivity index (χ4v) is 3.48. The summed E-state index contributed by atoms with van der Waals surface area (Å²) in [4.78, 5) is 20.9. The van der Waals surface area contributed by atoms with Crippen molar-refractivity contribution in [1.82, 2.24) is 19.7 Å². The third kappa shape index (κ3) is 4.63. The molecule has 0 aliphatic rings. The number of alkyl halides is 3. The summed E-state index contributed by atoms with van der Waals surface area (Å²) in [5.41, 5.74) is -0.419. The van der Waals surface area contributed by atoms with Gasteiger partial charge in [-0.3, -0.25) is 9.89 Å². The van der Waals surface area contributed by atoms with Crippen molar-refractivity contribution in [2.45, 2.75) is 25.5 Å². The second-order valence-electron chi connectivity index (χ2n) is 7.41. The zero-order valence-electron chi connectivity index (χ0n) is 17.4. The molecule has 4 rings (SSSR count). The Kier molecular flexibility index (Phi) is 5.74. The number of nitrogens with one attached hydrogen (secondary N) is 2. The monoisotopic (exact) mass is 470 g/mol. The van der Waals surface area contributed by atoms with Gasteiger partial charge in [0.05, 0.1) is 35.8 Å². The van der Waals surface area contributed by atoms with Gasteiger partial charge in [0.25, 0.3) is 5.91 Å². The first-order valence-electron chi connectivity index (χ1n) is 9.75. The number of fused-ring (bicyclic) bond motifs is 1. The largest absolute Gasteiger partial charge is 0.487 e. The first kappa shape index (κ1) is 22.2. The fraction of sp³-hybridized carbons (Fsp3) is 0.182. The van der Waals surface area contributed by atoms with Gasteiger partial charge < -0.3 is 14.6 Å². The Morgan fingerprint density at radius 2 is 2.03 bits per heavy atom. The molecule has 168 valence electrons. The van der Waals surface area contributed by atoms with Gasteiger partial charge in [-0.2, -0.15) is 5.10 Å². The molecule has 2 N–H and O–H groups in total. The average molecular weight is 471 g/mol. The number of rotatable bonds is 6. The number of carbonyl (C=O) groups is 1. The number of H-pyrrole nitrogens is 1. The molecule has 0 atom stereocenters. The average Bonchev–Trinajstić information content (AvgIpc) is 3.40. The minimum absolute atomic E-state index is 0.0915. The van der Waals surface area contributed by atoms with Gasteiger partial charge in [-0.15, -0.1) is 8.78 Å². The summed E-state index contributed by atoms with van der Waals surface area (Å²) in [5, 5.41) is 9.51. The number of ether oxygens (including phenoxy) is 1. The van der Waals surface area contributed by atoms with Crippen molar-refractivity contribution in [1.29, 1.82) is 0 Å². The van der Waals surface area contributed by atoms with Gasteiger partial charge in [0.1, 0.15) is 5.75 Å². The molecule has 0 fully saturated rings. The molecule has 11 heteroatoms. The molecule has 0 spiro atoms. The number of imidazole rings is 1. The van der Waals surface area contributed by atoms with Gasteiger partial charge >= 0.3 is 5.57 Å². The number of nitrogens with zero attached hydrogens (tertiary/aromatic N) is 4. The van der Waals surface area contributed by atoms with Crippen molar-refractivity contribution in [3.63, 3.8) is 0 Å². The summed E-state index contributed by atoms with van der Waals surface area (Å²) >= 11 is 4.76. The summed E-state index contributed by atoms with van der Waals surface area (Å²) in [7, 11) is 0. The lowest BCUT2D eigenvalue weighted by atomic mass is 10.0. The van der Waals surface area contributed by atoms with Gasteiger partial charge in [0.2, 0.25) is 5.69 Å². The summed E-state index contributed by atoms with van der Waals surface area (Å²) < 4.78 is 31.8. The lowest BCUT2D eigenvalue weighted by Gasteiger charge is -2.14. The molecule has 8 nitrogen and oxygen atoms in total. The van der Waals surface area contributed by atoms with Crippen molar-refractivity contribution in [3.8, 4) is 17.0 Å². The smallest absolute Gasteiger partial charge is 0.420 e. The van der Waals surface area contributed by atoms with Crippen LogP contribution in [-0.2, 0) is 0 Å². The molecule has 0 unspecified atom stereocenters. The van der Waals surface area contributed by atoms with Crippen LogP contribution >= 0.6 is 11.6 Å². The number of anilines is 1. The highest BCUT2D eigenvalue weighted by molar-refractivity contribution is 6.20. The van der Waals surface area contributed by atoms with E-state index in [1.807, 2.05) is 18.4 Å². The van der Waals surface area contributed by atoms with Gasteiger partial charge in [-0.25, -0.2) is 9.83 Å². The topological polar surface area (TPSA) is 89.2 Å².